The molecule has 4 heterocycles. The first-order valence-corrected chi connectivity index (χ1v) is 13.3. The van der Waals surface area contributed by atoms with Crippen LogP contribution in [0.15, 0.2) is 84.3 Å². The Morgan fingerprint density at radius 3 is 2.62 bits per heavy atom. The molecule has 1 aromatic carbocycles. The Hall–Kier alpha value is -3.77. The molecule has 5 aromatic rings. The summed E-state index contributed by atoms with van der Waals surface area (Å²) in [7, 11) is 0. The molecule has 0 saturated heterocycles. The van der Waals surface area contributed by atoms with Gasteiger partial charge in [-0.3, -0.25) is 9.78 Å². The third kappa shape index (κ3) is 5.07. The largest absolute Gasteiger partial charge is 0.312 e. The van der Waals surface area contributed by atoms with Crippen LogP contribution in [0.2, 0.25) is 0 Å². The van der Waals surface area contributed by atoms with Crippen LogP contribution in [0.4, 0.5) is 0 Å². The molecule has 1 aliphatic rings. The molecule has 0 spiro atoms. The average Bonchev–Trinajstić information content (AvgIpc) is 3.33. The number of pyridine rings is 3. The van der Waals surface area contributed by atoms with Gasteiger partial charge in [0.15, 0.2) is 0 Å². The fraction of sp³-hybridized carbons (Fsp3) is 0.323. The molecule has 6 heteroatoms. The first-order chi connectivity index (χ1) is 18.1. The van der Waals surface area contributed by atoms with E-state index in [0.717, 1.165) is 52.8 Å². The Kier molecular flexibility index (Phi) is 6.58. The van der Waals surface area contributed by atoms with E-state index in [1.165, 1.54) is 31.2 Å². The van der Waals surface area contributed by atoms with Crippen LogP contribution >= 0.6 is 0 Å². The highest BCUT2D eigenvalue weighted by Gasteiger charge is 2.17. The number of imidazole rings is 1. The minimum Gasteiger partial charge on any atom is -0.312 e. The summed E-state index contributed by atoms with van der Waals surface area (Å²) in [4.78, 5) is 22.5. The van der Waals surface area contributed by atoms with Crippen molar-refractivity contribution < 1.29 is 0 Å². The van der Waals surface area contributed by atoms with Gasteiger partial charge in [0, 0.05) is 43.1 Å². The van der Waals surface area contributed by atoms with Gasteiger partial charge < -0.3 is 14.3 Å². The molecular weight excluding hydrogens is 458 g/mol. The Morgan fingerprint density at radius 1 is 0.946 bits per heavy atom. The number of hydrogen-bond donors (Lipinski definition) is 1. The van der Waals surface area contributed by atoms with E-state index in [4.69, 9.17) is 4.98 Å². The first kappa shape index (κ1) is 23.6. The van der Waals surface area contributed by atoms with Gasteiger partial charge in [0.25, 0.3) is 5.56 Å². The molecule has 0 bridgehead atoms. The van der Waals surface area contributed by atoms with Crippen LogP contribution < -0.4 is 10.9 Å². The van der Waals surface area contributed by atoms with E-state index in [-0.39, 0.29) is 5.56 Å². The summed E-state index contributed by atoms with van der Waals surface area (Å²) in [6.07, 6.45) is 14.9. The predicted octanol–water partition coefficient (Wildman–Crippen LogP) is 5.68. The van der Waals surface area contributed by atoms with E-state index in [9.17, 15) is 4.79 Å². The van der Waals surface area contributed by atoms with Crippen molar-refractivity contribution in [3.05, 3.63) is 101 Å². The molecule has 6 nitrogen and oxygen atoms in total. The second kappa shape index (κ2) is 10.3. The van der Waals surface area contributed by atoms with Crippen LogP contribution in [0.25, 0.3) is 27.5 Å². The third-order valence-electron chi connectivity index (χ3n) is 7.78. The fourth-order valence-corrected chi connectivity index (χ4v) is 5.58. The van der Waals surface area contributed by atoms with Crippen LogP contribution in [0.3, 0.4) is 0 Å². The standard InChI is InChI=1S/C31H33N5O/c1-22-7-9-23(10-8-22)15-32-16-24-11-12-30-34-26(21-36(30)19-24)20-35-14-13-27-28(25-5-3-2-4-6-25)17-33-18-29(27)31(35)37/h2-6,11-14,17-19,21-23,32H,7-10,15-16,20H2,1H3. The van der Waals surface area contributed by atoms with E-state index in [2.05, 4.69) is 40.0 Å². The molecule has 37 heavy (non-hydrogen) atoms. The lowest BCUT2D eigenvalue weighted by Gasteiger charge is -2.26. The zero-order valence-corrected chi connectivity index (χ0v) is 21.3. The van der Waals surface area contributed by atoms with Crippen molar-refractivity contribution in [3.63, 3.8) is 0 Å². The zero-order valence-electron chi connectivity index (χ0n) is 21.3. The molecule has 4 aromatic heterocycles. The molecule has 1 N–H and O–H groups in total. The van der Waals surface area contributed by atoms with Gasteiger partial charge in [0.2, 0.25) is 0 Å². The van der Waals surface area contributed by atoms with Gasteiger partial charge in [0.05, 0.1) is 17.6 Å². The highest BCUT2D eigenvalue weighted by atomic mass is 16.1. The molecule has 0 unspecified atom stereocenters. The number of rotatable bonds is 7. The first-order valence-electron chi connectivity index (χ1n) is 13.3. The maximum atomic E-state index is 13.3. The smallest absolute Gasteiger partial charge is 0.260 e. The number of fused-ring (bicyclic) bond motifs is 2. The van der Waals surface area contributed by atoms with Gasteiger partial charge in [-0.2, -0.15) is 0 Å². The van der Waals surface area contributed by atoms with Gasteiger partial charge in [-0.25, -0.2) is 4.98 Å². The van der Waals surface area contributed by atoms with Crippen LogP contribution in [-0.4, -0.2) is 25.5 Å². The van der Waals surface area contributed by atoms with Gasteiger partial charge in [-0.05, 0) is 59.9 Å². The number of hydrogen-bond acceptors (Lipinski definition) is 4. The lowest BCUT2D eigenvalue weighted by atomic mass is 9.83. The minimum atomic E-state index is -0.0539. The van der Waals surface area contributed by atoms with E-state index in [1.807, 2.05) is 55.0 Å². The van der Waals surface area contributed by atoms with Crippen molar-refractivity contribution >= 4 is 16.4 Å². The van der Waals surface area contributed by atoms with E-state index >= 15 is 0 Å². The van der Waals surface area contributed by atoms with Crippen molar-refractivity contribution in [3.8, 4) is 11.1 Å². The number of aromatic nitrogens is 4. The quantitative estimate of drug-likeness (QED) is 0.318. The van der Waals surface area contributed by atoms with Crippen molar-refractivity contribution in [2.24, 2.45) is 11.8 Å². The van der Waals surface area contributed by atoms with Crippen LogP contribution in [-0.2, 0) is 13.1 Å². The third-order valence-corrected chi connectivity index (χ3v) is 7.78. The van der Waals surface area contributed by atoms with Crippen molar-refractivity contribution in [2.75, 3.05) is 6.54 Å². The van der Waals surface area contributed by atoms with Gasteiger partial charge >= 0.3 is 0 Å². The van der Waals surface area contributed by atoms with E-state index in [1.54, 1.807) is 10.8 Å². The van der Waals surface area contributed by atoms with Crippen LogP contribution in [0.5, 0.6) is 0 Å². The lowest BCUT2D eigenvalue weighted by molar-refractivity contribution is 0.281. The van der Waals surface area contributed by atoms with Crippen LogP contribution in [0.1, 0.15) is 43.9 Å². The maximum Gasteiger partial charge on any atom is 0.260 e. The molecule has 0 aliphatic heterocycles. The Labute approximate surface area is 217 Å². The van der Waals surface area contributed by atoms with Crippen molar-refractivity contribution in [1.29, 1.82) is 0 Å². The summed E-state index contributed by atoms with van der Waals surface area (Å²) >= 11 is 0. The number of nitrogens with one attached hydrogen (secondary N) is 1. The van der Waals surface area contributed by atoms with Gasteiger partial charge in [-0.15, -0.1) is 0 Å². The summed E-state index contributed by atoms with van der Waals surface area (Å²) in [5.41, 5.74) is 4.95. The van der Waals surface area contributed by atoms with Gasteiger partial charge in [0.1, 0.15) is 5.65 Å². The van der Waals surface area contributed by atoms with Crippen molar-refractivity contribution in [1.82, 2.24) is 24.3 Å². The predicted molar refractivity (Wildman–Crippen MR) is 149 cm³/mol. The maximum absolute atomic E-state index is 13.3. The summed E-state index contributed by atoms with van der Waals surface area (Å²) in [6.45, 7) is 4.73. The molecule has 0 amide bonds. The molecule has 6 rings (SSSR count). The fourth-order valence-electron chi connectivity index (χ4n) is 5.58. The topological polar surface area (TPSA) is 64.2 Å². The van der Waals surface area contributed by atoms with Crippen molar-refractivity contribution in [2.45, 2.75) is 45.7 Å². The molecule has 0 radical (unpaired) electrons. The summed E-state index contributed by atoms with van der Waals surface area (Å²) in [6, 6.07) is 16.3. The highest BCUT2D eigenvalue weighted by Crippen LogP contribution is 2.28. The molecule has 188 valence electrons. The minimum absolute atomic E-state index is 0.0539. The summed E-state index contributed by atoms with van der Waals surface area (Å²) < 4.78 is 3.78. The Balaban J connectivity index is 1.18. The normalized spacial score (nSPS) is 18.0. The van der Waals surface area contributed by atoms with Crippen LogP contribution in [0, 0.1) is 11.8 Å². The molecule has 0 atom stereocenters. The van der Waals surface area contributed by atoms with E-state index < -0.39 is 0 Å². The Morgan fingerprint density at radius 2 is 1.78 bits per heavy atom. The number of nitrogens with zero attached hydrogens (tertiary/aromatic N) is 4. The summed E-state index contributed by atoms with van der Waals surface area (Å²) in [5, 5.41) is 5.19. The monoisotopic (exact) mass is 491 g/mol. The molecule has 1 saturated carbocycles. The summed E-state index contributed by atoms with van der Waals surface area (Å²) in [5.74, 6) is 1.70. The SMILES string of the molecule is CC1CCC(CNCc2ccc3nc(Cn4ccc5c(-c6ccccc6)cncc5c4=O)cn3c2)CC1. The zero-order chi connectivity index (χ0) is 25.2. The molecule has 1 aliphatic carbocycles. The second-order valence-electron chi connectivity index (χ2n) is 10.6. The average molecular weight is 492 g/mol. The molecule has 1 fully saturated rings. The van der Waals surface area contributed by atoms with E-state index in [0.29, 0.717) is 11.9 Å². The Bertz CT molecular complexity index is 1580. The molecular formula is C31H33N5O. The van der Waals surface area contributed by atoms with Gasteiger partial charge in [-0.1, -0.05) is 56.2 Å². The number of benzene rings is 1. The second-order valence-corrected chi connectivity index (χ2v) is 10.6. The lowest BCUT2D eigenvalue weighted by Crippen LogP contribution is -2.25. The highest BCUT2D eigenvalue weighted by molar-refractivity contribution is 5.95.